The first kappa shape index (κ1) is 24.1. The van der Waals surface area contributed by atoms with Crippen molar-refractivity contribution in [2.24, 2.45) is 5.73 Å². The standard InChI is InChI=1S/C21H40N3O2PS/c1-4-25-27(3,26-5-2)18-17-24-15-13-23(14-16-24)12-11-20(22)19-28-21-9-7-6-8-10-21/h6-10,20,27H,4-5,11-19,22H2,1-3H3/t20-/m1/s1. The molecule has 2 rings (SSSR count). The van der Waals surface area contributed by atoms with E-state index < -0.39 is 7.72 Å². The van der Waals surface area contributed by atoms with Crippen molar-refractivity contribution in [3.8, 4) is 0 Å². The van der Waals surface area contributed by atoms with E-state index in [2.05, 4.69) is 60.6 Å². The Bertz CT molecular complexity index is 524. The van der Waals surface area contributed by atoms with Crippen LogP contribution in [0.15, 0.2) is 35.2 Å². The van der Waals surface area contributed by atoms with Crippen LogP contribution in [0.3, 0.4) is 0 Å². The molecule has 1 aromatic carbocycles. The van der Waals surface area contributed by atoms with Crippen molar-refractivity contribution in [3.05, 3.63) is 30.3 Å². The molecule has 0 amide bonds. The summed E-state index contributed by atoms with van der Waals surface area (Å²) in [6.45, 7) is 14.6. The Kier molecular flexibility index (Phi) is 11.3. The van der Waals surface area contributed by atoms with Gasteiger partial charge in [-0.3, -0.25) is 0 Å². The Labute approximate surface area is 176 Å². The molecule has 7 heteroatoms. The van der Waals surface area contributed by atoms with Crippen LogP contribution in [0.4, 0.5) is 0 Å². The molecule has 1 atom stereocenters. The summed E-state index contributed by atoms with van der Waals surface area (Å²) < 4.78 is 11.9. The van der Waals surface area contributed by atoms with Gasteiger partial charge in [-0.15, -0.1) is 0 Å². The molecule has 0 unspecified atom stereocenters. The molecule has 0 saturated carbocycles. The van der Waals surface area contributed by atoms with E-state index in [0.717, 1.165) is 70.8 Å². The molecule has 1 heterocycles. The second-order valence-electron chi connectivity index (χ2n) is 7.61. The van der Waals surface area contributed by atoms with Crippen molar-refractivity contribution < 1.29 is 9.05 Å². The Morgan fingerprint density at radius 1 is 1.00 bits per heavy atom. The summed E-state index contributed by atoms with van der Waals surface area (Å²) in [7, 11) is -1.99. The van der Waals surface area contributed by atoms with Crippen LogP contribution in [0.2, 0.25) is 0 Å². The van der Waals surface area contributed by atoms with E-state index in [4.69, 9.17) is 14.8 Å². The molecule has 0 aliphatic carbocycles. The van der Waals surface area contributed by atoms with Crippen molar-refractivity contribution in [2.75, 3.05) is 71.1 Å². The molecule has 5 nitrogen and oxygen atoms in total. The molecule has 0 radical (unpaired) electrons. The van der Waals surface area contributed by atoms with Gasteiger partial charge in [0, 0.05) is 0 Å². The fourth-order valence-corrected chi connectivity index (χ4v) is 6.78. The number of benzene rings is 1. The third-order valence-electron chi connectivity index (χ3n) is 5.27. The van der Waals surface area contributed by atoms with Gasteiger partial charge in [-0.25, -0.2) is 0 Å². The van der Waals surface area contributed by atoms with Crippen molar-refractivity contribution in [1.82, 2.24) is 9.80 Å². The molecule has 162 valence electrons. The maximum atomic E-state index is 6.34. The van der Waals surface area contributed by atoms with Gasteiger partial charge in [0.05, 0.1) is 0 Å². The normalized spacial score (nSPS) is 18.3. The third-order valence-corrected chi connectivity index (χ3v) is 9.40. The summed E-state index contributed by atoms with van der Waals surface area (Å²) >= 11 is 1.86. The van der Waals surface area contributed by atoms with Crippen LogP contribution in [0, 0.1) is 0 Å². The first-order chi connectivity index (χ1) is 13.5. The van der Waals surface area contributed by atoms with Crippen molar-refractivity contribution in [1.29, 1.82) is 0 Å². The second-order valence-corrected chi connectivity index (χ2v) is 12.0. The van der Waals surface area contributed by atoms with Gasteiger partial charge in [-0.2, -0.15) is 0 Å². The summed E-state index contributed by atoms with van der Waals surface area (Å²) in [4.78, 5) is 6.43. The number of hydrogen-bond acceptors (Lipinski definition) is 6. The Morgan fingerprint density at radius 3 is 2.14 bits per heavy atom. The first-order valence-corrected chi connectivity index (χ1v) is 14.2. The van der Waals surface area contributed by atoms with E-state index in [-0.39, 0.29) is 6.04 Å². The van der Waals surface area contributed by atoms with Crippen LogP contribution in [0.5, 0.6) is 0 Å². The Morgan fingerprint density at radius 2 is 1.57 bits per heavy atom. The predicted molar refractivity (Wildman–Crippen MR) is 125 cm³/mol. The summed E-state index contributed by atoms with van der Waals surface area (Å²) in [6, 6.07) is 10.8. The molecule has 1 fully saturated rings. The third kappa shape index (κ3) is 9.08. The average molecular weight is 430 g/mol. The average Bonchev–Trinajstić information content (AvgIpc) is 2.71. The summed E-state index contributed by atoms with van der Waals surface area (Å²) in [5, 5.41) is 0. The minimum absolute atomic E-state index is 0.257. The SMILES string of the molecule is CCO[PH](C)(CCN1CCN(CC[C@@H](N)CSc2ccccc2)CC1)OCC. The maximum absolute atomic E-state index is 6.34. The summed E-state index contributed by atoms with van der Waals surface area (Å²) in [6.07, 6.45) is 2.12. The van der Waals surface area contributed by atoms with Crippen molar-refractivity contribution in [2.45, 2.75) is 31.2 Å². The zero-order valence-corrected chi connectivity index (χ0v) is 19.8. The van der Waals surface area contributed by atoms with Gasteiger partial charge in [-0.05, 0) is 12.1 Å². The van der Waals surface area contributed by atoms with Crippen LogP contribution in [-0.4, -0.2) is 86.9 Å². The van der Waals surface area contributed by atoms with Crippen LogP contribution in [0.25, 0.3) is 0 Å². The van der Waals surface area contributed by atoms with Gasteiger partial charge in [0.15, 0.2) is 0 Å². The van der Waals surface area contributed by atoms with Crippen LogP contribution in [0.1, 0.15) is 20.3 Å². The number of rotatable bonds is 13. The number of piperazine rings is 1. The molecule has 0 bridgehead atoms. The summed E-state index contributed by atoms with van der Waals surface area (Å²) in [5.41, 5.74) is 6.34. The van der Waals surface area contributed by atoms with Gasteiger partial charge in [-0.1, -0.05) is 18.2 Å². The molecule has 2 N–H and O–H groups in total. The van der Waals surface area contributed by atoms with Crippen LogP contribution in [-0.2, 0) is 9.05 Å². The zero-order valence-electron chi connectivity index (χ0n) is 17.9. The minimum atomic E-state index is -1.99. The molecule has 28 heavy (non-hydrogen) atoms. The van der Waals surface area contributed by atoms with Gasteiger partial charge < -0.3 is 0 Å². The van der Waals surface area contributed by atoms with Crippen molar-refractivity contribution >= 4 is 19.5 Å². The number of thioether (sulfide) groups is 1. The predicted octanol–water partition coefficient (Wildman–Crippen LogP) is 3.40. The van der Waals surface area contributed by atoms with Crippen LogP contribution >= 0.6 is 19.5 Å². The quantitative estimate of drug-likeness (QED) is 0.383. The molecule has 1 aromatic rings. The molecule has 1 saturated heterocycles. The van der Waals surface area contributed by atoms with E-state index in [1.165, 1.54) is 4.90 Å². The number of nitrogens with zero attached hydrogens (tertiary/aromatic N) is 2. The second kappa shape index (κ2) is 13.2. The fourth-order valence-electron chi connectivity index (χ4n) is 3.55. The molecule has 0 spiro atoms. The molecule has 1 aliphatic rings. The van der Waals surface area contributed by atoms with E-state index in [1.807, 2.05) is 11.8 Å². The monoisotopic (exact) mass is 429 g/mol. The number of hydrogen-bond donors (Lipinski definition) is 1. The van der Waals surface area contributed by atoms with Gasteiger partial charge in [0.25, 0.3) is 0 Å². The van der Waals surface area contributed by atoms with E-state index >= 15 is 0 Å². The molecular formula is C21H40N3O2PS. The Balaban J connectivity index is 1.60. The topological polar surface area (TPSA) is 51.0 Å². The van der Waals surface area contributed by atoms with Crippen molar-refractivity contribution in [3.63, 3.8) is 0 Å². The van der Waals surface area contributed by atoms with Gasteiger partial charge in [0.2, 0.25) is 0 Å². The van der Waals surface area contributed by atoms with Crippen LogP contribution < -0.4 is 5.73 Å². The Hall–Kier alpha value is -0.200. The summed E-state index contributed by atoms with van der Waals surface area (Å²) in [5.74, 6) is 0.988. The first-order valence-electron chi connectivity index (χ1n) is 10.7. The molecule has 0 aromatic heterocycles. The van der Waals surface area contributed by atoms with Gasteiger partial charge in [0.1, 0.15) is 0 Å². The van der Waals surface area contributed by atoms with E-state index in [9.17, 15) is 0 Å². The van der Waals surface area contributed by atoms with E-state index in [0.29, 0.717) is 0 Å². The van der Waals surface area contributed by atoms with E-state index in [1.54, 1.807) is 0 Å². The number of nitrogens with two attached hydrogens (primary N) is 1. The molecule has 1 aliphatic heterocycles. The molecular weight excluding hydrogens is 389 g/mol. The van der Waals surface area contributed by atoms with Gasteiger partial charge >= 0.3 is 146 Å². The fraction of sp³-hybridized carbons (Fsp3) is 0.714. The zero-order chi connectivity index (χ0) is 20.2.